The van der Waals surface area contributed by atoms with Gasteiger partial charge in [-0.2, -0.15) is 0 Å². The van der Waals surface area contributed by atoms with Crippen molar-refractivity contribution in [1.82, 2.24) is 10.3 Å². The van der Waals surface area contributed by atoms with Gasteiger partial charge < -0.3 is 10.4 Å². The quantitative estimate of drug-likeness (QED) is 0.729. The van der Waals surface area contributed by atoms with Crippen LogP contribution in [0.15, 0.2) is 29.6 Å². The van der Waals surface area contributed by atoms with E-state index >= 15 is 0 Å². The number of rotatable bonds is 7. The average molecular weight is 408 g/mol. The van der Waals surface area contributed by atoms with Crippen LogP contribution in [0.1, 0.15) is 32.1 Å². The van der Waals surface area contributed by atoms with Gasteiger partial charge in [0.05, 0.1) is 18.2 Å². The normalized spacial score (nSPS) is 15.6. The summed E-state index contributed by atoms with van der Waals surface area (Å²) in [5, 5.41) is 15.4. The Balaban J connectivity index is 1.76. The zero-order valence-electron chi connectivity index (χ0n) is 15.0. The molecule has 1 aromatic carbocycles. The number of amides is 1. The Morgan fingerprint density at radius 3 is 2.74 bits per heavy atom. The number of likely N-dealkylation sites (N-methyl/N-ethyl adjacent to an activating group) is 1. The van der Waals surface area contributed by atoms with E-state index in [-0.39, 0.29) is 18.4 Å². The number of aliphatic carboxylic acids is 1. The van der Waals surface area contributed by atoms with Gasteiger partial charge in [-0.3, -0.25) is 14.5 Å². The van der Waals surface area contributed by atoms with Gasteiger partial charge in [-0.25, -0.2) is 4.98 Å². The van der Waals surface area contributed by atoms with Crippen LogP contribution in [-0.4, -0.2) is 41.1 Å². The number of thiazole rings is 1. The van der Waals surface area contributed by atoms with E-state index in [1.54, 1.807) is 13.1 Å². The molecule has 1 atom stereocenters. The summed E-state index contributed by atoms with van der Waals surface area (Å²) in [6, 6.07) is 6.82. The molecule has 1 fully saturated rings. The summed E-state index contributed by atoms with van der Waals surface area (Å²) >= 11 is 7.55. The summed E-state index contributed by atoms with van der Waals surface area (Å²) in [7, 11) is 1.63. The van der Waals surface area contributed by atoms with Crippen molar-refractivity contribution < 1.29 is 14.7 Å². The molecule has 0 bridgehead atoms. The average Bonchev–Trinajstić information content (AvgIpc) is 3.32. The minimum absolute atomic E-state index is 0.196. The molecule has 2 aromatic rings. The zero-order chi connectivity index (χ0) is 19.4. The molecule has 2 N–H and O–H groups in total. The Kier molecular flexibility index (Phi) is 6.46. The molecule has 0 aliphatic heterocycles. The van der Waals surface area contributed by atoms with Crippen LogP contribution in [0.2, 0.25) is 5.02 Å². The van der Waals surface area contributed by atoms with Gasteiger partial charge in [-0.15, -0.1) is 11.3 Å². The van der Waals surface area contributed by atoms with E-state index in [9.17, 15) is 14.7 Å². The third-order valence-corrected chi connectivity index (χ3v) is 5.97. The van der Waals surface area contributed by atoms with Crippen LogP contribution in [0.4, 0.5) is 5.13 Å². The van der Waals surface area contributed by atoms with Crippen molar-refractivity contribution in [2.45, 2.75) is 44.2 Å². The first-order chi connectivity index (χ1) is 13.0. The van der Waals surface area contributed by atoms with Gasteiger partial charge in [0.2, 0.25) is 5.91 Å². The highest BCUT2D eigenvalue weighted by Gasteiger charge is 2.30. The standard InChI is InChI=1S/C19H22ClN3O3S/c1-23(18(26)15(10-17(24)25)21-12-6-2-3-7-12)19-22-16(11-27-19)13-8-4-5-9-14(13)20/h4-5,8-9,11-12,15,21H,2-3,6-7,10H2,1H3,(H,24,25)/t15-/m1/s1. The Bertz CT molecular complexity index is 820. The Morgan fingerprint density at radius 2 is 2.07 bits per heavy atom. The molecule has 1 aromatic heterocycles. The first-order valence-electron chi connectivity index (χ1n) is 8.91. The number of carbonyl (C=O) groups is 2. The lowest BCUT2D eigenvalue weighted by molar-refractivity contribution is -0.139. The van der Waals surface area contributed by atoms with E-state index in [0.717, 1.165) is 31.2 Å². The van der Waals surface area contributed by atoms with Crippen molar-refractivity contribution in [3.05, 3.63) is 34.7 Å². The number of aromatic nitrogens is 1. The molecule has 3 rings (SSSR count). The second-order valence-corrected chi connectivity index (χ2v) is 7.93. The van der Waals surface area contributed by atoms with Gasteiger partial charge in [0.15, 0.2) is 5.13 Å². The molecule has 144 valence electrons. The molecule has 6 nitrogen and oxygen atoms in total. The van der Waals surface area contributed by atoms with Crippen molar-refractivity contribution in [2.75, 3.05) is 11.9 Å². The SMILES string of the molecule is CN(C(=O)[C@@H](CC(=O)O)NC1CCCC1)c1nc(-c2ccccc2Cl)cs1. The number of anilines is 1. The van der Waals surface area contributed by atoms with Crippen LogP contribution in [0, 0.1) is 0 Å². The topological polar surface area (TPSA) is 82.5 Å². The summed E-state index contributed by atoms with van der Waals surface area (Å²) in [4.78, 5) is 30.1. The van der Waals surface area contributed by atoms with E-state index in [2.05, 4.69) is 10.3 Å². The number of halogens is 1. The Hall–Kier alpha value is -1.96. The summed E-state index contributed by atoms with van der Waals surface area (Å²) < 4.78 is 0. The zero-order valence-corrected chi connectivity index (χ0v) is 16.6. The van der Waals surface area contributed by atoms with E-state index < -0.39 is 12.0 Å². The molecule has 0 unspecified atom stereocenters. The number of benzene rings is 1. The molecule has 1 saturated carbocycles. The fourth-order valence-corrected chi connectivity index (χ4v) is 4.34. The fourth-order valence-electron chi connectivity index (χ4n) is 3.31. The highest BCUT2D eigenvalue weighted by Crippen LogP contribution is 2.31. The molecule has 0 spiro atoms. The van der Waals surface area contributed by atoms with Gasteiger partial charge in [0, 0.05) is 29.1 Å². The monoisotopic (exact) mass is 407 g/mol. The molecule has 1 aliphatic carbocycles. The van der Waals surface area contributed by atoms with E-state index in [1.165, 1.54) is 16.2 Å². The van der Waals surface area contributed by atoms with Gasteiger partial charge in [-0.05, 0) is 18.9 Å². The van der Waals surface area contributed by atoms with Gasteiger partial charge in [-0.1, -0.05) is 42.6 Å². The van der Waals surface area contributed by atoms with Crippen molar-refractivity contribution in [1.29, 1.82) is 0 Å². The molecule has 8 heteroatoms. The first-order valence-corrected chi connectivity index (χ1v) is 10.2. The lowest BCUT2D eigenvalue weighted by Gasteiger charge is -2.24. The van der Waals surface area contributed by atoms with Gasteiger partial charge in [0.1, 0.15) is 0 Å². The number of carboxylic acids is 1. The maximum atomic E-state index is 12.9. The molecule has 1 aliphatic rings. The summed E-state index contributed by atoms with van der Waals surface area (Å²) in [6.45, 7) is 0. The van der Waals surface area contributed by atoms with Crippen molar-refractivity contribution >= 4 is 39.9 Å². The first kappa shape index (κ1) is 19.8. The summed E-state index contributed by atoms with van der Waals surface area (Å²) in [5.74, 6) is -1.28. The minimum atomic E-state index is -0.997. The van der Waals surface area contributed by atoms with Crippen molar-refractivity contribution in [3.63, 3.8) is 0 Å². The number of hydrogen-bond donors (Lipinski definition) is 2. The highest BCUT2D eigenvalue weighted by atomic mass is 35.5. The van der Waals surface area contributed by atoms with E-state index in [0.29, 0.717) is 15.8 Å². The van der Waals surface area contributed by atoms with Gasteiger partial charge >= 0.3 is 5.97 Å². The van der Waals surface area contributed by atoms with Crippen molar-refractivity contribution in [3.8, 4) is 11.3 Å². The largest absolute Gasteiger partial charge is 0.481 e. The second kappa shape index (κ2) is 8.82. The third-order valence-electron chi connectivity index (χ3n) is 4.73. The maximum Gasteiger partial charge on any atom is 0.305 e. The highest BCUT2D eigenvalue weighted by molar-refractivity contribution is 7.14. The lowest BCUT2D eigenvalue weighted by Crippen LogP contribution is -2.49. The number of nitrogens with one attached hydrogen (secondary N) is 1. The van der Waals surface area contributed by atoms with Crippen LogP contribution in [0.5, 0.6) is 0 Å². The third kappa shape index (κ3) is 4.86. The van der Waals surface area contributed by atoms with Crippen LogP contribution < -0.4 is 10.2 Å². The Labute approximate surface area is 167 Å². The minimum Gasteiger partial charge on any atom is -0.481 e. The van der Waals surface area contributed by atoms with Crippen LogP contribution in [-0.2, 0) is 9.59 Å². The number of hydrogen-bond acceptors (Lipinski definition) is 5. The molecular formula is C19H22ClN3O3S. The fraction of sp³-hybridized carbons (Fsp3) is 0.421. The molecular weight excluding hydrogens is 386 g/mol. The molecule has 1 amide bonds. The molecule has 0 radical (unpaired) electrons. The molecule has 1 heterocycles. The van der Waals surface area contributed by atoms with E-state index in [1.807, 2.05) is 23.6 Å². The number of carboxylic acid groups (broad SMARTS) is 1. The van der Waals surface area contributed by atoms with E-state index in [4.69, 9.17) is 11.6 Å². The molecule has 27 heavy (non-hydrogen) atoms. The van der Waals surface area contributed by atoms with Crippen LogP contribution in [0.25, 0.3) is 11.3 Å². The smallest absolute Gasteiger partial charge is 0.305 e. The van der Waals surface area contributed by atoms with Crippen LogP contribution in [0.3, 0.4) is 0 Å². The van der Waals surface area contributed by atoms with Gasteiger partial charge in [0.25, 0.3) is 0 Å². The molecule has 0 saturated heterocycles. The predicted molar refractivity (Wildman–Crippen MR) is 107 cm³/mol. The maximum absolute atomic E-state index is 12.9. The summed E-state index contributed by atoms with van der Waals surface area (Å²) in [5.41, 5.74) is 1.49. The number of nitrogens with zero attached hydrogens (tertiary/aromatic N) is 2. The Morgan fingerprint density at radius 1 is 1.37 bits per heavy atom. The second-order valence-electron chi connectivity index (χ2n) is 6.69. The summed E-state index contributed by atoms with van der Waals surface area (Å²) in [6.07, 6.45) is 3.91. The number of carbonyl (C=O) groups excluding carboxylic acids is 1. The predicted octanol–water partition coefficient (Wildman–Crippen LogP) is 3.80. The van der Waals surface area contributed by atoms with Crippen LogP contribution >= 0.6 is 22.9 Å². The van der Waals surface area contributed by atoms with Crippen molar-refractivity contribution in [2.24, 2.45) is 0 Å². The lowest BCUT2D eigenvalue weighted by atomic mass is 10.1.